The molecule has 43 heavy (non-hydrogen) atoms. The van der Waals surface area contributed by atoms with Crippen molar-refractivity contribution in [2.45, 2.75) is 63.2 Å². The first-order chi connectivity index (χ1) is 20.9. The first-order valence-corrected chi connectivity index (χ1v) is 14.3. The molecule has 222 valence electrons. The highest BCUT2D eigenvalue weighted by Gasteiger charge is 2.41. The molecule has 1 aliphatic carbocycles. The third kappa shape index (κ3) is 6.09. The van der Waals surface area contributed by atoms with Gasteiger partial charge in [0.2, 0.25) is 11.8 Å². The molecule has 2 fully saturated rings. The Kier molecular flexibility index (Phi) is 8.10. The Morgan fingerprint density at radius 1 is 1.05 bits per heavy atom. The molecule has 1 unspecified atom stereocenters. The van der Waals surface area contributed by atoms with E-state index in [1.807, 2.05) is 36.4 Å². The number of fused-ring (bicyclic) bond motifs is 1. The van der Waals surface area contributed by atoms with Crippen molar-refractivity contribution in [3.63, 3.8) is 0 Å². The van der Waals surface area contributed by atoms with Gasteiger partial charge in [0.1, 0.15) is 18.8 Å². The predicted molar refractivity (Wildman–Crippen MR) is 155 cm³/mol. The van der Waals surface area contributed by atoms with E-state index in [1.54, 1.807) is 30.6 Å². The summed E-state index contributed by atoms with van der Waals surface area (Å²) < 4.78 is 22.1. The van der Waals surface area contributed by atoms with E-state index < -0.39 is 29.9 Å². The molecule has 1 saturated carbocycles. The van der Waals surface area contributed by atoms with Gasteiger partial charge in [-0.25, -0.2) is 4.39 Å². The van der Waals surface area contributed by atoms with Crippen LogP contribution in [0.2, 0.25) is 0 Å². The standard InChI is InChI=1S/C31H32FN7O4/c32-22-14-26(31(42)36-24-7-4-8-27(24)43-18-19-5-2-1-3-6-19)38(16-22)28(40)17-39-25-10-9-20(21-11-12-34-35-15-21)13-23(25)29(37-39)30(33)41/h1-3,5-6,9-13,15,22,24,26-27H,4,7-8,14,16-18H2,(H2,33,41)(H,36,42)/t22-,24-,26+,27?/m1/s1. The minimum atomic E-state index is -1.33. The van der Waals surface area contributed by atoms with Gasteiger partial charge < -0.3 is 20.7 Å². The fourth-order valence-electron chi connectivity index (χ4n) is 6.00. The second kappa shape index (κ2) is 12.3. The van der Waals surface area contributed by atoms with Crippen molar-refractivity contribution >= 4 is 28.6 Å². The number of hydrogen-bond donors (Lipinski definition) is 2. The summed E-state index contributed by atoms with van der Waals surface area (Å²) in [5.41, 5.74) is 8.73. The van der Waals surface area contributed by atoms with E-state index in [4.69, 9.17) is 10.5 Å². The lowest BCUT2D eigenvalue weighted by atomic mass is 10.0. The molecule has 3 amide bonds. The SMILES string of the molecule is NC(=O)c1nn(CC(=O)N2C[C@H](F)C[C@H]2C(=O)N[C@@H]2CCCC2OCc2ccccc2)c2ccc(-c3ccnnc3)cc12. The minimum Gasteiger partial charge on any atom is -0.371 e. The molecule has 1 saturated heterocycles. The largest absolute Gasteiger partial charge is 0.371 e. The van der Waals surface area contributed by atoms with Crippen molar-refractivity contribution in [1.29, 1.82) is 0 Å². The molecule has 0 spiro atoms. The molecule has 0 bridgehead atoms. The number of benzene rings is 2. The number of aromatic nitrogens is 4. The Hall–Kier alpha value is -4.71. The molecule has 12 heteroatoms. The summed E-state index contributed by atoms with van der Waals surface area (Å²) >= 11 is 0. The highest BCUT2D eigenvalue weighted by Crippen LogP contribution is 2.28. The lowest BCUT2D eigenvalue weighted by molar-refractivity contribution is -0.139. The van der Waals surface area contributed by atoms with Crippen LogP contribution >= 0.6 is 0 Å². The quantitative estimate of drug-likeness (QED) is 0.307. The van der Waals surface area contributed by atoms with Gasteiger partial charge in [0.25, 0.3) is 5.91 Å². The molecule has 3 heterocycles. The number of nitrogens with zero attached hydrogens (tertiary/aromatic N) is 5. The average molecular weight is 586 g/mol. The molecule has 4 atom stereocenters. The van der Waals surface area contributed by atoms with Crippen LogP contribution in [0.5, 0.6) is 0 Å². The molecule has 3 N–H and O–H groups in total. The molecular formula is C31H32FN7O4. The van der Waals surface area contributed by atoms with E-state index in [0.29, 0.717) is 17.5 Å². The summed E-state index contributed by atoms with van der Waals surface area (Å²) in [4.78, 5) is 40.4. The van der Waals surface area contributed by atoms with Gasteiger partial charge in [-0.05, 0) is 48.6 Å². The zero-order valence-electron chi connectivity index (χ0n) is 23.4. The van der Waals surface area contributed by atoms with Crippen LogP contribution in [0.25, 0.3) is 22.0 Å². The molecule has 4 aromatic rings. The molecule has 2 aliphatic rings. The Bertz CT molecular complexity index is 1630. The highest BCUT2D eigenvalue weighted by atomic mass is 19.1. The summed E-state index contributed by atoms with van der Waals surface area (Å²) in [7, 11) is 0. The van der Waals surface area contributed by atoms with Gasteiger partial charge in [0, 0.05) is 17.4 Å². The van der Waals surface area contributed by atoms with Crippen LogP contribution in [0.1, 0.15) is 41.7 Å². The van der Waals surface area contributed by atoms with E-state index >= 15 is 0 Å². The van der Waals surface area contributed by atoms with E-state index in [0.717, 1.165) is 36.0 Å². The van der Waals surface area contributed by atoms with Crippen LogP contribution in [0.15, 0.2) is 67.0 Å². The number of carbonyl (C=O) groups excluding carboxylic acids is 3. The Labute approximate surface area is 247 Å². The Balaban J connectivity index is 1.16. The number of primary amides is 1. The number of alkyl halides is 1. The van der Waals surface area contributed by atoms with Crippen LogP contribution in [0, 0.1) is 0 Å². The van der Waals surface area contributed by atoms with Crippen molar-refractivity contribution in [3.05, 3.63) is 78.2 Å². The van der Waals surface area contributed by atoms with E-state index in [-0.39, 0.29) is 37.4 Å². The van der Waals surface area contributed by atoms with E-state index in [2.05, 4.69) is 20.6 Å². The monoisotopic (exact) mass is 585 g/mol. The fourth-order valence-corrected chi connectivity index (χ4v) is 6.00. The summed E-state index contributed by atoms with van der Waals surface area (Å²) in [6, 6.07) is 15.7. The van der Waals surface area contributed by atoms with Crippen molar-refractivity contribution in [1.82, 2.24) is 30.2 Å². The molecular weight excluding hydrogens is 553 g/mol. The minimum absolute atomic E-state index is 0.00789. The van der Waals surface area contributed by atoms with Crippen molar-refractivity contribution in [3.8, 4) is 11.1 Å². The highest BCUT2D eigenvalue weighted by molar-refractivity contribution is 6.05. The zero-order chi connectivity index (χ0) is 29.9. The van der Waals surface area contributed by atoms with Crippen molar-refractivity contribution in [2.75, 3.05) is 6.54 Å². The van der Waals surface area contributed by atoms with Gasteiger partial charge in [0.05, 0.1) is 43.2 Å². The Morgan fingerprint density at radius 2 is 1.88 bits per heavy atom. The maximum absolute atomic E-state index is 14.7. The van der Waals surface area contributed by atoms with Gasteiger partial charge >= 0.3 is 0 Å². The average Bonchev–Trinajstić information content (AvgIpc) is 3.74. The molecule has 0 radical (unpaired) electrons. The molecule has 1 aliphatic heterocycles. The maximum atomic E-state index is 14.7. The van der Waals surface area contributed by atoms with Crippen LogP contribution in [0.3, 0.4) is 0 Å². The molecule has 2 aromatic heterocycles. The summed E-state index contributed by atoms with van der Waals surface area (Å²) in [6.45, 7) is -0.0518. The normalized spacial score (nSPS) is 21.7. The summed E-state index contributed by atoms with van der Waals surface area (Å²) in [6.07, 6.45) is 4.03. The van der Waals surface area contributed by atoms with Crippen LogP contribution < -0.4 is 11.1 Å². The molecule has 11 nitrogen and oxygen atoms in total. The van der Waals surface area contributed by atoms with Gasteiger partial charge in [-0.3, -0.25) is 19.1 Å². The topological polar surface area (TPSA) is 145 Å². The number of halogens is 1. The molecule has 2 aromatic carbocycles. The van der Waals surface area contributed by atoms with Gasteiger partial charge in [0.15, 0.2) is 5.69 Å². The smallest absolute Gasteiger partial charge is 0.269 e. The first kappa shape index (κ1) is 28.4. The van der Waals surface area contributed by atoms with Gasteiger partial charge in [-0.15, -0.1) is 0 Å². The number of hydrogen-bond acceptors (Lipinski definition) is 7. The number of ether oxygens (including phenoxy) is 1. The lowest BCUT2D eigenvalue weighted by Gasteiger charge is -2.27. The van der Waals surface area contributed by atoms with Crippen LogP contribution in [0.4, 0.5) is 4.39 Å². The Morgan fingerprint density at radius 3 is 2.65 bits per heavy atom. The number of nitrogens with one attached hydrogen (secondary N) is 1. The number of nitrogens with two attached hydrogens (primary N) is 1. The zero-order valence-corrected chi connectivity index (χ0v) is 23.4. The number of rotatable bonds is 9. The van der Waals surface area contributed by atoms with Crippen LogP contribution in [-0.2, 0) is 27.5 Å². The fraction of sp³-hybridized carbons (Fsp3) is 0.355. The second-order valence-electron chi connectivity index (χ2n) is 11.0. The lowest BCUT2D eigenvalue weighted by Crippen LogP contribution is -2.51. The first-order valence-electron chi connectivity index (χ1n) is 14.3. The summed E-state index contributed by atoms with van der Waals surface area (Å²) in [5.74, 6) is -1.62. The number of likely N-dealkylation sites (tertiary alicyclic amines) is 1. The third-order valence-corrected chi connectivity index (χ3v) is 8.15. The summed E-state index contributed by atoms with van der Waals surface area (Å²) in [5, 5.41) is 15.5. The third-order valence-electron chi connectivity index (χ3n) is 8.15. The second-order valence-corrected chi connectivity index (χ2v) is 11.0. The van der Waals surface area contributed by atoms with Gasteiger partial charge in [-0.1, -0.05) is 36.4 Å². The number of amides is 3. The van der Waals surface area contributed by atoms with E-state index in [9.17, 15) is 18.8 Å². The maximum Gasteiger partial charge on any atom is 0.269 e. The van der Waals surface area contributed by atoms with Crippen molar-refractivity contribution in [2.24, 2.45) is 5.73 Å². The number of carbonyl (C=O) groups is 3. The predicted octanol–water partition coefficient (Wildman–Crippen LogP) is 2.79. The van der Waals surface area contributed by atoms with Crippen LogP contribution in [-0.4, -0.2) is 73.5 Å². The van der Waals surface area contributed by atoms with Crippen molar-refractivity contribution < 1.29 is 23.5 Å². The van der Waals surface area contributed by atoms with E-state index in [1.165, 1.54) is 9.58 Å². The molecule has 6 rings (SSSR count). The van der Waals surface area contributed by atoms with Gasteiger partial charge in [-0.2, -0.15) is 15.3 Å².